The van der Waals surface area contributed by atoms with E-state index in [1.807, 2.05) is 13.0 Å². The SMILES string of the molecule is CN=C(NCC1CN2CCN1CC2)NC(C)c1ccc(OCC2CC2)c(F)c1.I. The van der Waals surface area contributed by atoms with Gasteiger partial charge < -0.3 is 15.4 Å². The second-order valence-corrected chi connectivity index (χ2v) is 8.25. The molecule has 0 spiro atoms. The van der Waals surface area contributed by atoms with Crippen molar-refractivity contribution in [3.05, 3.63) is 29.6 Å². The van der Waals surface area contributed by atoms with E-state index in [9.17, 15) is 4.39 Å². The third-order valence-corrected chi connectivity index (χ3v) is 6.10. The van der Waals surface area contributed by atoms with Crippen LogP contribution in [-0.2, 0) is 0 Å². The second kappa shape index (κ2) is 10.3. The van der Waals surface area contributed by atoms with Crippen molar-refractivity contribution in [3.8, 4) is 5.75 Å². The molecule has 0 amide bonds. The Kier molecular flexibility index (Phi) is 7.98. The van der Waals surface area contributed by atoms with Crippen LogP contribution in [0, 0.1) is 11.7 Å². The van der Waals surface area contributed by atoms with Crippen LogP contribution in [-0.4, -0.2) is 74.7 Å². The largest absolute Gasteiger partial charge is 0.490 e. The molecule has 5 rings (SSSR count). The number of halogens is 2. The Morgan fingerprint density at radius 2 is 2.03 bits per heavy atom. The summed E-state index contributed by atoms with van der Waals surface area (Å²) in [6, 6.07) is 5.70. The van der Waals surface area contributed by atoms with Crippen molar-refractivity contribution in [3.63, 3.8) is 0 Å². The van der Waals surface area contributed by atoms with Gasteiger partial charge in [-0.15, -0.1) is 24.0 Å². The molecular formula is C21H33FIN5O. The lowest BCUT2D eigenvalue weighted by Crippen LogP contribution is -2.63. The molecule has 162 valence electrons. The van der Waals surface area contributed by atoms with E-state index in [0.29, 0.717) is 24.3 Å². The third kappa shape index (κ3) is 5.95. The summed E-state index contributed by atoms with van der Waals surface area (Å²) in [4.78, 5) is 9.42. The average Bonchev–Trinajstić information content (AvgIpc) is 3.55. The van der Waals surface area contributed by atoms with Gasteiger partial charge in [-0.1, -0.05) is 6.07 Å². The first-order valence-electron chi connectivity index (χ1n) is 10.5. The van der Waals surface area contributed by atoms with Crippen LogP contribution >= 0.6 is 24.0 Å². The molecule has 1 aliphatic carbocycles. The zero-order valence-electron chi connectivity index (χ0n) is 17.4. The Bertz CT molecular complexity index is 706. The maximum atomic E-state index is 14.4. The topological polar surface area (TPSA) is 52.1 Å². The molecule has 1 aromatic rings. The molecule has 2 unspecified atom stereocenters. The van der Waals surface area contributed by atoms with Crippen molar-refractivity contribution in [1.82, 2.24) is 20.4 Å². The van der Waals surface area contributed by atoms with Crippen LogP contribution in [0.15, 0.2) is 23.2 Å². The highest BCUT2D eigenvalue weighted by Gasteiger charge is 2.31. The van der Waals surface area contributed by atoms with Gasteiger partial charge in [0.2, 0.25) is 0 Å². The number of fused-ring (bicyclic) bond motifs is 3. The zero-order valence-corrected chi connectivity index (χ0v) is 19.7. The normalized spacial score (nSPS) is 27.1. The summed E-state index contributed by atoms with van der Waals surface area (Å²) in [6.45, 7) is 9.31. The van der Waals surface area contributed by atoms with Crippen molar-refractivity contribution in [2.24, 2.45) is 10.9 Å². The van der Waals surface area contributed by atoms with Crippen molar-refractivity contribution < 1.29 is 9.13 Å². The van der Waals surface area contributed by atoms with Crippen molar-refractivity contribution in [1.29, 1.82) is 0 Å². The quantitative estimate of drug-likeness (QED) is 0.331. The predicted molar refractivity (Wildman–Crippen MR) is 125 cm³/mol. The van der Waals surface area contributed by atoms with Crippen LogP contribution in [0.2, 0.25) is 0 Å². The van der Waals surface area contributed by atoms with E-state index in [-0.39, 0.29) is 35.8 Å². The van der Waals surface area contributed by atoms with Crippen molar-refractivity contribution >= 4 is 29.9 Å². The Hall–Kier alpha value is -1.13. The van der Waals surface area contributed by atoms with E-state index in [1.54, 1.807) is 19.2 Å². The van der Waals surface area contributed by atoms with Gasteiger partial charge in [0.15, 0.2) is 17.5 Å². The van der Waals surface area contributed by atoms with Crippen LogP contribution in [0.3, 0.4) is 0 Å². The van der Waals surface area contributed by atoms with Gasteiger partial charge in [-0.25, -0.2) is 4.39 Å². The molecule has 4 aliphatic rings. The van der Waals surface area contributed by atoms with Crippen molar-refractivity contribution in [2.75, 3.05) is 52.9 Å². The number of guanidine groups is 1. The van der Waals surface area contributed by atoms with E-state index in [1.165, 1.54) is 25.9 Å². The highest BCUT2D eigenvalue weighted by Crippen LogP contribution is 2.30. The standard InChI is InChI=1S/C21H32FN5O.HI/c1-15(17-5-6-20(19(22)11-17)28-14-16-3-4-16)25-21(23-2)24-12-18-13-26-7-9-27(18)10-8-26;/h5-6,11,15-16,18H,3-4,7-10,12-14H2,1-2H3,(H2,23,24,25);1H. The summed E-state index contributed by atoms with van der Waals surface area (Å²) in [5, 5.41) is 6.82. The van der Waals surface area contributed by atoms with E-state index in [2.05, 4.69) is 25.4 Å². The number of hydrogen-bond donors (Lipinski definition) is 2. The first-order chi connectivity index (χ1) is 13.6. The summed E-state index contributed by atoms with van der Waals surface area (Å²) in [7, 11) is 1.77. The van der Waals surface area contributed by atoms with E-state index < -0.39 is 0 Å². The minimum absolute atomic E-state index is 0. The molecule has 3 heterocycles. The third-order valence-electron chi connectivity index (χ3n) is 6.10. The summed E-state index contributed by atoms with van der Waals surface area (Å²) in [6.07, 6.45) is 2.40. The fourth-order valence-electron chi connectivity index (χ4n) is 4.01. The van der Waals surface area contributed by atoms with Crippen molar-refractivity contribution in [2.45, 2.75) is 31.8 Å². The van der Waals surface area contributed by atoms with Gasteiger partial charge in [-0.05, 0) is 43.4 Å². The highest BCUT2D eigenvalue weighted by molar-refractivity contribution is 14.0. The molecule has 2 bridgehead atoms. The van der Waals surface area contributed by atoms with Gasteiger partial charge in [0, 0.05) is 52.4 Å². The molecule has 2 N–H and O–H groups in total. The number of hydrogen-bond acceptors (Lipinski definition) is 4. The van der Waals surface area contributed by atoms with Crippen LogP contribution < -0.4 is 15.4 Å². The van der Waals surface area contributed by atoms with Crippen LogP contribution in [0.1, 0.15) is 31.4 Å². The van der Waals surface area contributed by atoms with Gasteiger partial charge in [0.05, 0.1) is 12.6 Å². The van der Waals surface area contributed by atoms with Gasteiger partial charge in [-0.2, -0.15) is 0 Å². The first kappa shape index (κ1) is 22.6. The minimum Gasteiger partial charge on any atom is -0.490 e. The highest BCUT2D eigenvalue weighted by atomic mass is 127. The number of benzene rings is 1. The summed E-state index contributed by atoms with van der Waals surface area (Å²) in [5.41, 5.74) is 0.880. The molecule has 0 aromatic heterocycles. The minimum atomic E-state index is -0.296. The zero-order chi connectivity index (χ0) is 19.5. The number of aliphatic imine (C=N–C) groups is 1. The lowest BCUT2D eigenvalue weighted by molar-refractivity contribution is 0.0154. The molecule has 4 fully saturated rings. The molecule has 3 saturated heterocycles. The Morgan fingerprint density at radius 1 is 1.28 bits per heavy atom. The van der Waals surface area contributed by atoms with Gasteiger partial charge >= 0.3 is 0 Å². The number of nitrogens with zero attached hydrogens (tertiary/aromatic N) is 3. The fourth-order valence-corrected chi connectivity index (χ4v) is 4.01. The number of ether oxygens (including phenoxy) is 1. The molecule has 29 heavy (non-hydrogen) atoms. The fraction of sp³-hybridized carbons (Fsp3) is 0.667. The lowest BCUT2D eigenvalue weighted by atomic mass is 10.1. The molecular weight excluding hydrogens is 484 g/mol. The van der Waals surface area contributed by atoms with Crippen LogP contribution in [0.5, 0.6) is 5.75 Å². The predicted octanol–water partition coefficient (Wildman–Crippen LogP) is 2.46. The molecule has 2 atom stereocenters. The van der Waals surface area contributed by atoms with Crippen LogP contribution in [0.25, 0.3) is 0 Å². The van der Waals surface area contributed by atoms with E-state index >= 15 is 0 Å². The Morgan fingerprint density at radius 3 is 2.62 bits per heavy atom. The number of piperazine rings is 3. The van der Waals surface area contributed by atoms with E-state index in [4.69, 9.17) is 4.74 Å². The van der Waals surface area contributed by atoms with Gasteiger partial charge in [0.25, 0.3) is 0 Å². The summed E-state index contributed by atoms with van der Waals surface area (Å²) < 4.78 is 20.0. The molecule has 6 nitrogen and oxygen atoms in total. The average molecular weight is 517 g/mol. The summed E-state index contributed by atoms with van der Waals surface area (Å²) >= 11 is 0. The number of nitrogens with one attached hydrogen (secondary N) is 2. The second-order valence-electron chi connectivity index (χ2n) is 8.25. The van der Waals surface area contributed by atoms with Gasteiger partial charge in [-0.3, -0.25) is 14.8 Å². The Balaban J connectivity index is 0.00000240. The smallest absolute Gasteiger partial charge is 0.191 e. The molecule has 8 heteroatoms. The van der Waals surface area contributed by atoms with Crippen LogP contribution in [0.4, 0.5) is 4.39 Å². The molecule has 0 radical (unpaired) electrons. The maximum absolute atomic E-state index is 14.4. The van der Waals surface area contributed by atoms with Gasteiger partial charge in [0.1, 0.15) is 0 Å². The monoisotopic (exact) mass is 517 g/mol. The molecule has 1 saturated carbocycles. The molecule has 1 aromatic carbocycles. The molecule has 3 aliphatic heterocycles. The maximum Gasteiger partial charge on any atom is 0.191 e. The van der Waals surface area contributed by atoms with E-state index in [0.717, 1.165) is 37.7 Å². The number of rotatable bonds is 7. The summed E-state index contributed by atoms with van der Waals surface area (Å²) in [5.74, 6) is 1.41. The first-order valence-corrected chi connectivity index (χ1v) is 10.5. The lowest BCUT2D eigenvalue weighted by Gasteiger charge is -2.47. The Labute approximate surface area is 190 Å².